The van der Waals surface area contributed by atoms with E-state index in [-0.39, 0.29) is 11.8 Å². The van der Waals surface area contributed by atoms with E-state index in [1.807, 2.05) is 36.6 Å². The van der Waals surface area contributed by atoms with Gasteiger partial charge in [-0.25, -0.2) is 4.98 Å². The summed E-state index contributed by atoms with van der Waals surface area (Å²) in [4.78, 5) is 16.4. The molecular weight excluding hydrogens is 296 g/mol. The molecule has 22 heavy (non-hydrogen) atoms. The van der Waals surface area contributed by atoms with Crippen LogP contribution in [-0.2, 0) is 17.8 Å². The third kappa shape index (κ3) is 4.84. The number of aromatic nitrogens is 1. The van der Waals surface area contributed by atoms with Crippen LogP contribution in [0.5, 0.6) is 5.75 Å². The Balaban J connectivity index is 1.81. The first-order valence-electron chi connectivity index (χ1n) is 7.38. The molecular formula is C17H22N2O2S. The zero-order valence-corrected chi connectivity index (χ0v) is 14.1. The molecule has 0 spiro atoms. The maximum Gasteiger partial charge on any atom is 0.220 e. The first-order valence-corrected chi connectivity index (χ1v) is 8.26. The van der Waals surface area contributed by atoms with Crippen LogP contribution in [0.2, 0.25) is 0 Å². The largest absolute Gasteiger partial charge is 0.496 e. The van der Waals surface area contributed by atoms with Crippen LogP contribution < -0.4 is 10.1 Å². The number of hydrogen-bond acceptors (Lipinski definition) is 4. The Kier molecular flexibility index (Phi) is 5.95. The quantitative estimate of drug-likeness (QED) is 0.852. The predicted octanol–water partition coefficient (Wildman–Crippen LogP) is 3.35. The minimum atomic E-state index is 0.0630. The van der Waals surface area contributed by atoms with Gasteiger partial charge in [-0.3, -0.25) is 4.79 Å². The fraction of sp³-hybridized carbons (Fsp3) is 0.412. The van der Waals surface area contributed by atoms with E-state index in [0.29, 0.717) is 13.0 Å². The van der Waals surface area contributed by atoms with E-state index in [1.165, 1.54) is 0 Å². The number of amides is 1. The van der Waals surface area contributed by atoms with Crippen molar-refractivity contribution in [2.75, 3.05) is 7.11 Å². The molecule has 1 aromatic carbocycles. The first kappa shape index (κ1) is 16.5. The lowest BCUT2D eigenvalue weighted by Crippen LogP contribution is -2.25. The number of methoxy groups -OCH3 is 1. The Hall–Kier alpha value is -1.88. The van der Waals surface area contributed by atoms with E-state index < -0.39 is 0 Å². The van der Waals surface area contributed by atoms with E-state index in [9.17, 15) is 4.79 Å². The van der Waals surface area contributed by atoms with E-state index in [0.717, 1.165) is 28.4 Å². The highest BCUT2D eigenvalue weighted by molar-refractivity contribution is 7.09. The van der Waals surface area contributed by atoms with Crippen LogP contribution in [0.3, 0.4) is 0 Å². The van der Waals surface area contributed by atoms with E-state index in [1.54, 1.807) is 18.4 Å². The molecule has 0 aliphatic carbocycles. The summed E-state index contributed by atoms with van der Waals surface area (Å²) in [5, 5.41) is 5.93. The zero-order valence-electron chi connectivity index (χ0n) is 13.3. The van der Waals surface area contributed by atoms with Crippen LogP contribution in [0.25, 0.3) is 0 Å². The van der Waals surface area contributed by atoms with Gasteiger partial charge < -0.3 is 10.1 Å². The Morgan fingerprint density at radius 1 is 1.41 bits per heavy atom. The highest BCUT2D eigenvalue weighted by atomic mass is 32.1. The molecule has 2 rings (SSSR count). The maximum absolute atomic E-state index is 12.0. The summed E-state index contributed by atoms with van der Waals surface area (Å²) in [6.45, 7) is 4.55. The third-order valence-electron chi connectivity index (χ3n) is 3.43. The minimum absolute atomic E-state index is 0.0630. The zero-order chi connectivity index (χ0) is 15.9. The van der Waals surface area contributed by atoms with Crippen LogP contribution in [0, 0.1) is 12.8 Å². The summed E-state index contributed by atoms with van der Waals surface area (Å²) in [5.74, 6) is 1.20. The summed E-state index contributed by atoms with van der Waals surface area (Å²) < 4.78 is 5.35. The Morgan fingerprint density at radius 3 is 2.86 bits per heavy atom. The van der Waals surface area contributed by atoms with Crippen molar-refractivity contribution >= 4 is 17.2 Å². The Morgan fingerprint density at radius 2 is 2.18 bits per heavy atom. The SMILES string of the molecule is COc1ccccc1C[C@@H](C)CC(=O)NCc1csc(C)n1. The number of ether oxygens (including phenoxy) is 1. The van der Waals surface area contributed by atoms with Crippen LogP contribution >= 0.6 is 11.3 Å². The number of para-hydroxylation sites is 1. The van der Waals surface area contributed by atoms with Crippen LogP contribution in [-0.4, -0.2) is 18.0 Å². The number of thiazole rings is 1. The highest BCUT2D eigenvalue weighted by Gasteiger charge is 2.12. The van der Waals surface area contributed by atoms with Crippen LogP contribution in [0.1, 0.15) is 29.6 Å². The number of nitrogens with zero attached hydrogens (tertiary/aromatic N) is 1. The molecule has 1 atom stereocenters. The summed E-state index contributed by atoms with van der Waals surface area (Å²) >= 11 is 1.60. The van der Waals surface area contributed by atoms with Crippen molar-refractivity contribution in [2.45, 2.75) is 33.2 Å². The molecule has 1 aromatic heterocycles. The average Bonchev–Trinajstić information content (AvgIpc) is 2.91. The minimum Gasteiger partial charge on any atom is -0.496 e. The number of hydrogen-bond donors (Lipinski definition) is 1. The molecule has 0 aliphatic rings. The second kappa shape index (κ2) is 7.94. The number of nitrogens with one attached hydrogen (secondary N) is 1. The molecule has 5 heteroatoms. The van der Waals surface area contributed by atoms with Gasteiger partial charge in [-0.1, -0.05) is 25.1 Å². The van der Waals surface area contributed by atoms with E-state index in [2.05, 4.69) is 17.2 Å². The molecule has 0 unspecified atom stereocenters. The molecule has 0 bridgehead atoms. The van der Waals surface area contributed by atoms with Crippen molar-refractivity contribution in [3.05, 3.63) is 45.9 Å². The predicted molar refractivity (Wildman–Crippen MR) is 89.2 cm³/mol. The van der Waals surface area contributed by atoms with E-state index >= 15 is 0 Å². The van der Waals surface area contributed by atoms with Crippen molar-refractivity contribution in [1.82, 2.24) is 10.3 Å². The van der Waals surface area contributed by atoms with E-state index in [4.69, 9.17) is 4.74 Å². The summed E-state index contributed by atoms with van der Waals surface area (Å²) in [6, 6.07) is 7.95. The molecule has 0 saturated carbocycles. The molecule has 1 amide bonds. The topological polar surface area (TPSA) is 51.2 Å². The van der Waals surface area contributed by atoms with Gasteiger partial charge in [-0.05, 0) is 30.9 Å². The summed E-state index contributed by atoms with van der Waals surface area (Å²) in [7, 11) is 1.67. The monoisotopic (exact) mass is 318 g/mol. The van der Waals surface area contributed by atoms with Gasteiger partial charge in [0, 0.05) is 11.8 Å². The molecule has 0 saturated heterocycles. The number of aryl methyl sites for hydroxylation is 1. The number of carbonyl (C=O) groups is 1. The fourth-order valence-electron chi connectivity index (χ4n) is 2.39. The van der Waals surface area contributed by atoms with Crippen LogP contribution in [0.15, 0.2) is 29.6 Å². The third-order valence-corrected chi connectivity index (χ3v) is 4.25. The lowest BCUT2D eigenvalue weighted by molar-refractivity contribution is -0.122. The summed E-state index contributed by atoms with van der Waals surface area (Å²) in [6.07, 6.45) is 1.33. The molecule has 1 heterocycles. The first-order chi connectivity index (χ1) is 10.6. The molecule has 1 N–H and O–H groups in total. The smallest absolute Gasteiger partial charge is 0.220 e. The Labute approximate surface area is 135 Å². The van der Waals surface area contributed by atoms with Gasteiger partial charge in [0.15, 0.2) is 0 Å². The average molecular weight is 318 g/mol. The number of benzene rings is 1. The molecule has 0 fully saturated rings. The van der Waals surface area contributed by atoms with Crippen molar-refractivity contribution < 1.29 is 9.53 Å². The lowest BCUT2D eigenvalue weighted by Gasteiger charge is -2.14. The van der Waals surface area contributed by atoms with Gasteiger partial charge in [0.1, 0.15) is 5.75 Å². The normalized spacial score (nSPS) is 12.0. The molecule has 2 aromatic rings. The number of rotatable bonds is 7. The van der Waals surface area contributed by atoms with Crippen molar-refractivity contribution in [2.24, 2.45) is 5.92 Å². The van der Waals surface area contributed by atoms with Gasteiger partial charge in [0.05, 0.1) is 24.4 Å². The van der Waals surface area contributed by atoms with Crippen molar-refractivity contribution in [3.8, 4) is 5.75 Å². The second-order valence-corrected chi connectivity index (χ2v) is 6.52. The van der Waals surface area contributed by atoms with Gasteiger partial charge in [-0.2, -0.15) is 0 Å². The molecule has 4 nitrogen and oxygen atoms in total. The second-order valence-electron chi connectivity index (χ2n) is 5.46. The van der Waals surface area contributed by atoms with Gasteiger partial charge in [-0.15, -0.1) is 11.3 Å². The van der Waals surface area contributed by atoms with Gasteiger partial charge in [0.2, 0.25) is 5.91 Å². The summed E-state index contributed by atoms with van der Waals surface area (Å²) in [5.41, 5.74) is 2.06. The lowest BCUT2D eigenvalue weighted by atomic mass is 9.97. The fourth-order valence-corrected chi connectivity index (χ4v) is 3.00. The van der Waals surface area contributed by atoms with Crippen LogP contribution in [0.4, 0.5) is 0 Å². The molecule has 0 aliphatic heterocycles. The molecule has 118 valence electrons. The Bertz CT molecular complexity index is 625. The van der Waals surface area contributed by atoms with Crippen molar-refractivity contribution in [3.63, 3.8) is 0 Å². The van der Waals surface area contributed by atoms with Gasteiger partial charge >= 0.3 is 0 Å². The number of carbonyl (C=O) groups excluding carboxylic acids is 1. The highest BCUT2D eigenvalue weighted by Crippen LogP contribution is 2.22. The molecule has 0 radical (unpaired) electrons. The van der Waals surface area contributed by atoms with Gasteiger partial charge in [0.25, 0.3) is 0 Å². The maximum atomic E-state index is 12.0. The van der Waals surface area contributed by atoms with Crippen molar-refractivity contribution in [1.29, 1.82) is 0 Å². The standard InChI is InChI=1S/C17H22N2O2S/c1-12(8-14-6-4-5-7-16(14)21-3)9-17(20)18-10-15-11-22-13(2)19-15/h4-7,11-12H,8-10H2,1-3H3,(H,18,20)/t12-/m1/s1.